The molecule has 1 aliphatic carbocycles. The van der Waals surface area contributed by atoms with Crippen LogP contribution in [0.2, 0.25) is 0 Å². The fraction of sp³-hybridized carbons (Fsp3) is 0.579. The standard InChI is InChI=1S/C19H28N4O/c1-3-15-6-4-7-16(12-15)22-17(24)13-21-18(20-2)23-11-10-19(14-23)8-5-9-19/h4,6-7,12H,3,5,8-11,13-14H2,1-2H3,(H,20,21)(H,22,24). The number of hydrogen-bond donors (Lipinski definition) is 2. The van der Waals surface area contributed by atoms with E-state index in [4.69, 9.17) is 0 Å². The molecular weight excluding hydrogens is 300 g/mol. The fourth-order valence-corrected chi connectivity index (χ4v) is 3.77. The van der Waals surface area contributed by atoms with E-state index in [1.54, 1.807) is 7.05 Å². The molecule has 5 heteroatoms. The van der Waals surface area contributed by atoms with E-state index in [9.17, 15) is 4.79 Å². The Hall–Kier alpha value is -2.04. The number of aryl methyl sites for hydroxylation is 1. The SMILES string of the molecule is CCc1cccc(NC(=O)CNC(=NC)N2CCC3(CCC3)C2)c1. The maximum absolute atomic E-state index is 12.2. The molecule has 0 aromatic heterocycles. The second kappa shape index (κ2) is 7.24. The molecule has 1 saturated carbocycles. The van der Waals surface area contributed by atoms with Crippen LogP contribution in [0.25, 0.3) is 0 Å². The van der Waals surface area contributed by atoms with Crippen molar-refractivity contribution in [3.05, 3.63) is 29.8 Å². The highest BCUT2D eigenvalue weighted by molar-refractivity contribution is 5.95. The van der Waals surface area contributed by atoms with Gasteiger partial charge in [0.2, 0.25) is 5.91 Å². The number of carbonyl (C=O) groups excluding carboxylic acids is 1. The van der Waals surface area contributed by atoms with E-state index in [2.05, 4.69) is 33.5 Å². The first-order valence-electron chi connectivity index (χ1n) is 8.98. The molecule has 1 aromatic rings. The highest BCUT2D eigenvalue weighted by atomic mass is 16.1. The minimum absolute atomic E-state index is 0.0399. The van der Waals surface area contributed by atoms with E-state index in [-0.39, 0.29) is 12.5 Å². The van der Waals surface area contributed by atoms with Crippen LogP contribution in [0.3, 0.4) is 0 Å². The zero-order chi connectivity index (χ0) is 17.0. The predicted octanol–water partition coefficient (Wildman–Crippen LogP) is 2.64. The number of benzene rings is 1. The summed E-state index contributed by atoms with van der Waals surface area (Å²) in [4.78, 5) is 18.8. The van der Waals surface area contributed by atoms with Gasteiger partial charge >= 0.3 is 0 Å². The maximum Gasteiger partial charge on any atom is 0.243 e. The molecule has 3 rings (SSSR count). The van der Waals surface area contributed by atoms with Crippen molar-refractivity contribution >= 4 is 17.6 Å². The molecule has 1 spiro atoms. The van der Waals surface area contributed by atoms with Gasteiger partial charge in [0.15, 0.2) is 5.96 Å². The Bertz CT molecular complexity index is 622. The Balaban J connectivity index is 1.49. The lowest BCUT2D eigenvalue weighted by Crippen LogP contribution is -2.44. The summed E-state index contributed by atoms with van der Waals surface area (Å²) in [5, 5.41) is 6.16. The first-order chi connectivity index (χ1) is 11.6. The molecule has 0 bridgehead atoms. The Kier molecular flexibility index (Phi) is 5.07. The lowest BCUT2D eigenvalue weighted by molar-refractivity contribution is -0.115. The summed E-state index contributed by atoms with van der Waals surface area (Å²) in [5.74, 6) is 0.804. The maximum atomic E-state index is 12.2. The van der Waals surface area contributed by atoms with E-state index >= 15 is 0 Å². The molecule has 130 valence electrons. The van der Waals surface area contributed by atoms with Gasteiger partial charge in [-0.3, -0.25) is 9.79 Å². The van der Waals surface area contributed by atoms with Gasteiger partial charge in [0.05, 0.1) is 6.54 Å². The lowest BCUT2D eigenvalue weighted by Gasteiger charge is -2.38. The number of guanidine groups is 1. The number of nitrogens with zero attached hydrogens (tertiary/aromatic N) is 2. The van der Waals surface area contributed by atoms with Crippen molar-refractivity contribution < 1.29 is 4.79 Å². The zero-order valence-electron chi connectivity index (χ0n) is 14.8. The average Bonchev–Trinajstić information content (AvgIpc) is 3.01. The summed E-state index contributed by atoms with van der Waals surface area (Å²) < 4.78 is 0. The second-order valence-electron chi connectivity index (χ2n) is 7.03. The molecule has 2 fully saturated rings. The highest BCUT2D eigenvalue weighted by Crippen LogP contribution is 2.47. The van der Waals surface area contributed by atoms with E-state index in [0.717, 1.165) is 31.2 Å². The molecule has 1 aromatic carbocycles. The van der Waals surface area contributed by atoms with Crippen LogP contribution < -0.4 is 10.6 Å². The number of likely N-dealkylation sites (tertiary alicyclic amines) is 1. The van der Waals surface area contributed by atoms with Crippen LogP contribution in [0.4, 0.5) is 5.69 Å². The van der Waals surface area contributed by atoms with E-state index in [1.807, 2.05) is 18.2 Å². The average molecular weight is 328 g/mol. The van der Waals surface area contributed by atoms with Crippen LogP contribution in [-0.4, -0.2) is 43.4 Å². The molecule has 1 amide bonds. The summed E-state index contributed by atoms with van der Waals surface area (Å²) in [6.45, 7) is 4.47. The quantitative estimate of drug-likeness (QED) is 0.660. The van der Waals surface area contributed by atoms with Crippen LogP contribution in [0, 0.1) is 5.41 Å². The van der Waals surface area contributed by atoms with Gasteiger partial charge < -0.3 is 15.5 Å². The fourth-order valence-electron chi connectivity index (χ4n) is 3.77. The molecule has 0 atom stereocenters. The van der Waals surface area contributed by atoms with Gasteiger partial charge in [0.25, 0.3) is 0 Å². The Morgan fingerprint density at radius 3 is 2.79 bits per heavy atom. The minimum Gasteiger partial charge on any atom is -0.347 e. The summed E-state index contributed by atoms with van der Waals surface area (Å²) in [5.41, 5.74) is 2.60. The number of nitrogens with one attached hydrogen (secondary N) is 2. The van der Waals surface area contributed by atoms with Gasteiger partial charge in [-0.2, -0.15) is 0 Å². The summed E-state index contributed by atoms with van der Waals surface area (Å²) in [7, 11) is 1.79. The van der Waals surface area contributed by atoms with Crippen molar-refractivity contribution in [1.82, 2.24) is 10.2 Å². The molecule has 1 heterocycles. The van der Waals surface area contributed by atoms with Gasteiger partial charge in [-0.1, -0.05) is 25.5 Å². The molecule has 24 heavy (non-hydrogen) atoms. The summed E-state index contributed by atoms with van der Waals surface area (Å²) in [6, 6.07) is 7.99. The monoisotopic (exact) mass is 328 g/mol. The number of amides is 1. The third-order valence-electron chi connectivity index (χ3n) is 5.39. The number of carbonyl (C=O) groups is 1. The van der Waals surface area contributed by atoms with Gasteiger partial charge in [0.1, 0.15) is 0 Å². The van der Waals surface area contributed by atoms with Crippen LogP contribution in [-0.2, 0) is 11.2 Å². The molecule has 5 nitrogen and oxygen atoms in total. The number of rotatable bonds is 4. The first kappa shape index (κ1) is 16.8. The van der Waals surface area contributed by atoms with E-state index in [0.29, 0.717) is 5.41 Å². The van der Waals surface area contributed by atoms with Gasteiger partial charge in [-0.15, -0.1) is 0 Å². The van der Waals surface area contributed by atoms with Crippen LogP contribution in [0.5, 0.6) is 0 Å². The highest BCUT2D eigenvalue weighted by Gasteiger charge is 2.43. The largest absolute Gasteiger partial charge is 0.347 e. The molecule has 0 unspecified atom stereocenters. The number of anilines is 1. The van der Waals surface area contributed by atoms with Crippen LogP contribution in [0.15, 0.2) is 29.3 Å². The molecule has 2 aliphatic rings. The normalized spacial score (nSPS) is 19.2. The molecule has 1 saturated heterocycles. The van der Waals surface area contributed by atoms with Crippen LogP contribution >= 0.6 is 0 Å². The summed E-state index contributed by atoms with van der Waals surface area (Å²) in [6.07, 6.45) is 6.26. The molecular formula is C19H28N4O. The first-order valence-corrected chi connectivity index (χ1v) is 8.98. The Labute approximate surface area is 144 Å². The topological polar surface area (TPSA) is 56.7 Å². The predicted molar refractivity (Wildman–Crippen MR) is 98.3 cm³/mol. The van der Waals surface area contributed by atoms with E-state index in [1.165, 1.54) is 31.2 Å². The summed E-state index contributed by atoms with van der Waals surface area (Å²) >= 11 is 0. The van der Waals surface area contributed by atoms with E-state index < -0.39 is 0 Å². The third-order valence-corrected chi connectivity index (χ3v) is 5.39. The van der Waals surface area contributed by atoms with Crippen molar-refractivity contribution in [1.29, 1.82) is 0 Å². The van der Waals surface area contributed by atoms with Crippen molar-refractivity contribution in [2.45, 2.75) is 39.0 Å². The van der Waals surface area contributed by atoms with Crippen molar-refractivity contribution in [3.63, 3.8) is 0 Å². The molecule has 2 N–H and O–H groups in total. The number of aliphatic imine (C=N–C) groups is 1. The van der Waals surface area contributed by atoms with Crippen molar-refractivity contribution in [3.8, 4) is 0 Å². The van der Waals surface area contributed by atoms with Gasteiger partial charge in [-0.25, -0.2) is 0 Å². The smallest absolute Gasteiger partial charge is 0.243 e. The zero-order valence-corrected chi connectivity index (χ0v) is 14.8. The van der Waals surface area contributed by atoms with Crippen molar-refractivity contribution in [2.24, 2.45) is 10.4 Å². The Morgan fingerprint density at radius 1 is 1.33 bits per heavy atom. The third kappa shape index (κ3) is 3.71. The van der Waals surface area contributed by atoms with Crippen LogP contribution in [0.1, 0.15) is 38.2 Å². The van der Waals surface area contributed by atoms with Gasteiger partial charge in [0, 0.05) is 25.8 Å². The van der Waals surface area contributed by atoms with Gasteiger partial charge in [-0.05, 0) is 48.8 Å². The lowest BCUT2D eigenvalue weighted by atomic mass is 9.68. The molecule has 0 radical (unpaired) electrons. The number of hydrogen-bond acceptors (Lipinski definition) is 2. The second-order valence-corrected chi connectivity index (χ2v) is 7.03. The Morgan fingerprint density at radius 2 is 2.17 bits per heavy atom. The molecule has 1 aliphatic heterocycles. The minimum atomic E-state index is -0.0399. The van der Waals surface area contributed by atoms with Crippen molar-refractivity contribution in [2.75, 3.05) is 32.0 Å².